The average Bonchev–Trinajstić information content (AvgIpc) is 3.26. The van der Waals surface area contributed by atoms with Crippen molar-refractivity contribution < 1.29 is 14.3 Å². The summed E-state index contributed by atoms with van der Waals surface area (Å²) in [6.07, 6.45) is 5.97. The molecule has 1 aliphatic rings. The summed E-state index contributed by atoms with van der Waals surface area (Å²) in [6.45, 7) is 0.862. The first-order valence-electron chi connectivity index (χ1n) is 8.48. The minimum Gasteiger partial charge on any atom is -0.486 e. The fourth-order valence-corrected chi connectivity index (χ4v) is 2.97. The molecule has 0 saturated heterocycles. The fraction of sp³-hybridized carbons (Fsp3) is 0.143. The Morgan fingerprint density at radius 3 is 2.89 bits per heavy atom. The number of methoxy groups -OCH3 is 1. The number of ether oxygens (including phenoxy) is 2. The Labute approximate surface area is 156 Å². The summed E-state index contributed by atoms with van der Waals surface area (Å²) in [4.78, 5) is 24.5. The number of allylic oxidation sites excluding steroid dienone is 1. The lowest BCUT2D eigenvalue weighted by Gasteiger charge is -2.13. The molecule has 1 aliphatic heterocycles. The number of aldehydes is 1. The number of rotatable bonds is 6. The fourth-order valence-electron chi connectivity index (χ4n) is 2.97. The van der Waals surface area contributed by atoms with Gasteiger partial charge < -0.3 is 9.47 Å². The number of nitrogens with zero attached hydrogens (tertiary/aromatic N) is 3. The van der Waals surface area contributed by atoms with Gasteiger partial charge in [0.15, 0.2) is 6.29 Å². The Kier molecular flexibility index (Phi) is 4.61. The summed E-state index contributed by atoms with van der Waals surface area (Å²) in [7, 11) is 1.50. The predicted octanol–water partition coefficient (Wildman–Crippen LogP) is 3.50. The van der Waals surface area contributed by atoms with Gasteiger partial charge in [0.25, 0.3) is 0 Å². The molecule has 3 heterocycles. The zero-order valence-corrected chi connectivity index (χ0v) is 14.8. The third-order valence-electron chi connectivity index (χ3n) is 4.34. The first kappa shape index (κ1) is 16.9. The molecular formula is C21H17N3O3. The molecule has 1 aromatic carbocycles. The maximum Gasteiger partial charge on any atom is 0.213 e. The number of hydrogen-bond donors (Lipinski definition) is 0. The first-order chi connectivity index (χ1) is 13.3. The van der Waals surface area contributed by atoms with Crippen LogP contribution in [-0.2, 0) is 6.61 Å². The number of hydrogen-bond acceptors (Lipinski definition) is 6. The second kappa shape index (κ2) is 7.37. The molecule has 27 heavy (non-hydrogen) atoms. The summed E-state index contributed by atoms with van der Waals surface area (Å²) in [5, 5.41) is 1.03. The van der Waals surface area contributed by atoms with E-state index in [0.717, 1.165) is 34.0 Å². The molecule has 0 N–H and O–H groups in total. The Morgan fingerprint density at radius 1 is 1.22 bits per heavy atom. The van der Waals surface area contributed by atoms with Gasteiger partial charge in [-0.25, -0.2) is 9.97 Å². The summed E-state index contributed by atoms with van der Waals surface area (Å²) in [5.41, 5.74) is 4.14. The van der Waals surface area contributed by atoms with Crippen LogP contribution in [0, 0.1) is 0 Å². The van der Waals surface area contributed by atoms with Crippen LogP contribution in [0.5, 0.6) is 11.6 Å². The Hall–Kier alpha value is -3.54. The van der Waals surface area contributed by atoms with Crippen LogP contribution in [0.2, 0.25) is 0 Å². The van der Waals surface area contributed by atoms with Crippen molar-refractivity contribution >= 4 is 29.0 Å². The Balaban J connectivity index is 1.69. The monoisotopic (exact) mass is 359 g/mol. The molecule has 6 nitrogen and oxygen atoms in total. The van der Waals surface area contributed by atoms with E-state index in [4.69, 9.17) is 14.5 Å². The van der Waals surface area contributed by atoms with Gasteiger partial charge in [-0.2, -0.15) is 0 Å². The number of pyridine rings is 2. The van der Waals surface area contributed by atoms with Crippen LogP contribution in [0.4, 0.5) is 0 Å². The molecule has 0 radical (unpaired) electrons. The molecule has 6 heteroatoms. The van der Waals surface area contributed by atoms with Crippen LogP contribution < -0.4 is 9.47 Å². The van der Waals surface area contributed by atoms with Gasteiger partial charge in [-0.1, -0.05) is 18.2 Å². The third-order valence-corrected chi connectivity index (χ3v) is 4.34. The number of fused-ring (bicyclic) bond motifs is 1. The maximum absolute atomic E-state index is 11.4. The van der Waals surface area contributed by atoms with E-state index in [1.165, 1.54) is 13.3 Å². The topological polar surface area (TPSA) is 73.7 Å². The van der Waals surface area contributed by atoms with Crippen LogP contribution in [0.3, 0.4) is 0 Å². The highest BCUT2D eigenvalue weighted by Gasteiger charge is 2.15. The van der Waals surface area contributed by atoms with E-state index in [1.54, 1.807) is 12.3 Å². The minimum atomic E-state index is 0.263. The van der Waals surface area contributed by atoms with Gasteiger partial charge in [0.05, 0.1) is 36.6 Å². The van der Waals surface area contributed by atoms with E-state index >= 15 is 0 Å². The van der Waals surface area contributed by atoms with E-state index in [-0.39, 0.29) is 6.61 Å². The predicted molar refractivity (Wildman–Crippen MR) is 104 cm³/mol. The van der Waals surface area contributed by atoms with E-state index in [0.29, 0.717) is 23.7 Å². The van der Waals surface area contributed by atoms with Gasteiger partial charge >= 0.3 is 0 Å². The second-order valence-corrected chi connectivity index (χ2v) is 6.04. The van der Waals surface area contributed by atoms with Crippen molar-refractivity contribution in [3.63, 3.8) is 0 Å². The number of aliphatic imine (C=N–C) groups is 1. The number of para-hydroxylation sites is 1. The van der Waals surface area contributed by atoms with Crippen LogP contribution >= 0.6 is 0 Å². The Morgan fingerprint density at radius 2 is 2.11 bits per heavy atom. The van der Waals surface area contributed by atoms with Gasteiger partial charge in [-0.05, 0) is 18.2 Å². The summed E-state index contributed by atoms with van der Waals surface area (Å²) < 4.78 is 11.0. The molecule has 2 aromatic heterocycles. The number of carbonyl (C=O) groups is 1. The van der Waals surface area contributed by atoms with E-state index in [9.17, 15) is 4.79 Å². The Bertz CT molecular complexity index is 1070. The van der Waals surface area contributed by atoms with Crippen LogP contribution in [0.25, 0.3) is 16.5 Å². The van der Waals surface area contributed by atoms with Crippen molar-refractivity contribution in [2.24, 2.45) is 4.99 Å². The van der Waals surface area contributed by atoms with E-state index < -0.39 is 0 Å². The highest BCUT2D eigenvalue weighted by atomic mass is 16.5. The van der Waals surface area contributed by atoms with Crippen molar-refractivity contribution in [3.05, 3.63) is 65.5 Å². The zero-order valence-electron chi connectivity index (χ0n) is 14.8. The van der Waals surface area contributed by atoms with Crippen molar-refractivity contribution in [2.75, 3.05) is 13.7 Å². The molecule has 0 fully saturated rings. The maximum atomic E-state index is 11.4. The molecule has 0 spiro atoms. The number of benzene rings is 1. The van der Waals surface area contributed by atoms with E-state index in [2.05, 4.69) is 16.0 Å². The third kappa shape index (κ3) is 3.42. The first-order valence-corrected chi connectivity index (χ1v) is 8.48. The molecule has 0 amide bonds. The highest BCUT2D eigenvalue weighted by molar-refractivity contribution is 5.91. The van der Waals surface area contributed by atoms with Gasteiger partial charge in [-0.15, -0.1) is 0 Å². The number of carbonyl (C=O) groups excluding carboxylic acids is 1. The summed E-state index contributed by atoms with van der Waals surface area (Å²) in [5.74, 6) is 0.771. The zero-order chi connectivity index (χ0) is 18.6. The van der Waals surface area contributed by atoms with Crippen molar-refractivity contribution in [3.8, 4) is 11.6 Å². The van der Waals surface area contributed by atoms with Crippen LogP contribution in [0.1, 0.15) is 21.6 Å². The molecule has 0 atom stereocenters. The van der Waals surface area contributed by atoms with Crippen molar-refractivity contribution in [1.29, 1.82) is 0 Å². The van der Waals surface area contributed by atoms with Crippen LogP contribution in [0.15, 0.2) is 53.7 Å². The number of aromatic nitrogens is 2. The quantitative estimate of drug-likeness (QED) is 0.630. The van der Waals surface area contributed by atoms with Gasteiger partial charge in [0.2, 0.25) is 5.88 Å². The van der Waals surface area contributed by atoms with Crippen molar-refractivity contribution in [2.45, 2.75) is 6.61 Å². The molecular weight excluding hydrogens is 342 g/mol. The molecule has 0 unspecified atom stereocenters. The van der Waals surface area contributed by atoms with Gasteiger partial charge in [0.1, 0.15) is 12.4 Å². The van der Waals surface area contributed by atoms with Gasteiger partial charge in [0, 0.05) is 28.8 Å². The van der Waals surface area contributed by atoms with Crippen molar-refractivity contribution in [1.82, 2.24) is 9.97 Å². The molecule has 0 aliphatic carbocycles. The minimum absolute atomic E-state index is 0.263. The molecule has 3 aromatic rings. The summed E-state index contributed by atoms with van der Waals surface area (Å²) >= 11 is 0. The smallest absolute Gasteiger partial charge is 0.213 e. The lowest BCUT2D eigenvalue weighted by molar-refractivity contribution is 0.111. The lowest BCUT2D eigenvalue weighted by atomic mass is 10.0. The molecule has 0 bridgehead atoms. The molecule has 134 valence electrons. The SMILES string of the molecule is COc1cc(C=O)c(OCc2cc3ccccc3nc2C2=CC=NC2)cn1. The van der Waals surface area contributed by atoms with E-state index in [1.807, 2.05) is 30.3 Å². The summed E-state index contributed by atoms with van der Waals surface area (Å²) in [6, 6.07) is 11.6. The lowest BCUT2D eigenvalue weighted by Crippen LogP contribution is -2.05. The van der Waals surface area contributed by atoms with Gasteiger partial charge in [-0.3, -0.25) is 9.79 Å². The standard InChI is InChI=1S/C21H17N3O3/c1-26-20-9-16(12-25)19(11-23-20)27-13-17-8-14-4-2-3-5-18(14)24-21(17)15-6-7-22-10-15/h2-9,11-12H,10,13H2,1H3. The molecule has 0 saturated carbocycles. The average molecular weight is 359 g/mol. The second-order valence-electron chi connectivity index (χ2n) is 6.04. The van der Waals surface area contributed by atoms with Crippen LogP contribution in [-0.4, -0.2) is 36.1 Å². The largest absolute Gasteiger partial charge is 0.486 e. The highest BCUT2D eigenvalue weighted by Crippen LogP contribution is 2.26. The molecule has 4 rings (SSSR count). The normalized spacial score (nSPS) is 12.9.